The summed E-state index contributed by atoms with van der Waals surface area (Å²) in [5, 5.41) is 4.91. The van der Waals surface area contributed by atoms with Gasteiger partial charge in [-0.15, -0.1) is 11.3 Å². The minimum absolute atomic E-state index is 0.00652. The number of nitrogens with zero attached hydrogens (tertiary/aromatic N) is 1. The molecule has 0 saturated carbocycles. The van der Waals surface area contributed by atoms with E-state index in [1.165, 1.54) is 92.6 Å². The Balaban J connectivity index is 1.20. The molecule has 0 N–H and O–H groups in total. The van der Waals surface area contributed by atoms with Crippen LogP contribution in [0.5, 0.6) is 0 Å². The van der Waals surface area contributed by atoms with Gasteiger partial charge in [0.25, 0.3) is 0 Å². The zero-order chi connectivity index (χ0) is 37.3. The van der Waals surface area contributed by atoms with E-state index in [0.29, 0.717) is 0 Å². The fourth-order valence-electron chi connectivity index (χ4n) is 9.53. The van der Waals surface area contributed by atoms with Crippen LogP contribution in [0.15, 0.2) is 168 Å². The first-order valence-electron chi connectivity index (χ1n) is 19.5. The first-order chi connectivity index (χ1) is 27.4. The van der Waals surface area contributed by atoms with Gasteiger partial charge in [-0.05, 0) is 110 Å². The number of hydrogen-bond donors (Lipinski definition) is 0. The SMILES string of the molecule is CC(C)(C)c1ccc(N2c3cc4c(cc3B3c5ccccc5-c5cc(-c6ccc7oc8ccccc8c7c6)cc2c53)sc2ccccc24)c(-c2ccccc2)c1. The summed E-state index contributed by atoms with van der Waals surface area (Å²) in [5.74, 6) is 0. The van der Waals surface area contributed by atoms with Crippen molar-refractivity contribution < 1.29 is 4.42 Å². The van der Waals surface area contributed by atoms with Crippen LogP contribution in [0.25, 0.3) is 75.5 Å². The molecule has 264 valence electrons. The largest absolute Gasteiger partial charge is 0.456 e. The molecule has 12 rings (SSSR count). The number of anilines is 3. The van der Waals surface area contributed by atoms with Crippen molar-refractivity contribution >= 4 is 93.6 Å². The van der Waals surface area contributed by atoms with Crippen LogP contribution >= 0.6 is 11.3 Å². The summed E-state index contributed by atoms with van der Waals surface area (Å²) in [6.07, 6.45) is 0. The molecular formula is C52H36BNOS. The van der Waals surface area contributed by atoms with E-state index in [1.54, 1.807) is 0 Å². The van der Waals surface area contributed by atoms with E-state index >= 15 is 0 Å². The topological polar surface area (TPSA) is 16.4 Å². The van der Waals surface area contributed by atoms with Gasteiger partial charge in [-0.1, -0.05) is 129 Å². The molecule has 2 aliphatic rings. The highest BCUT2D eigenvalue weighted by Crippen LogP contribution is 2.49. The summed E-state index contributed by atoms with van der Waals surface area (Å²) < 4.78 is 8.95. The Morgan fingerprint density at radius 3 is 2.11 bits per heavy atom. The molecule has 0 fully saturated rings. The molecule has 0 radical (unpaired) electrons. The highest BCUT2D eigenvalue weighted by atomic mass is 32.1. The summed E-state index contributed by atoms with van der Waals surface area (Å²) in [7, 11) is 0. The minimum Gasteiger partial charge on any atom is -0.456 e. The fraction of sp³-hybridized carbons (Fsp3) is 0.0769. The second-order valence-corrected chi connectivity index (χ2v) is 17.6. The van der Waals surface area contributed by atoms with Gasteiger partial charge in [0.05, 0.1) is 5.69 Å². The van der Waals surface area contributed by atoms with Gasteiger partial charge in [0.15, 0.2) is 0 Å². The van der Waals surface area contributed by atoms with Crippen LogP contribution < -0.4 is 21.3 Å². The highest BCUT2D eigenvalue weighted by Gasteiger charge is 2.43. The average Bonchev–Trinajstić information content (AvgIpc) is 3.90. The lowest BCUT2D eigenvalue weighted by atomic mass is 9.37. The Kier molecular flexibility index (Phi) is 6.61. The van der Waals surface area contributed by atoms with Crippen molar-refractivity contribution in [3.8, 4) is 33.4 Å². The molecule has 10 aromatic rings. The summed E-state index contributed by atoms with van der Waals surface area (Å²) in [5.41, 5.74) is 18.4. The van der Waals surface area contributed by atoms with Gasteiger partial charge in [0.1, 0.15) is 11.2 Å². The molecule has 0 amide bonds. The van der Waals surface area contributed by atoms with Crippen molar-refractivity contribution in [2.24, 2.45) is 0 Å². The lowest BCUT2D eigenvalue weighted by Crippen LogP contribution is -2.54. The standard InChI is InChI=1S/C52H36BNOS/c1-52(2,3)34-22-23-44(38(28-34)31-13-5-4-6-14-31)54-45-29-40-37-17-9-12-20-49(37)56-50(40)30-43(45)53-42-18-10-7-15-35(42)41-26-33(27-46(54)51(41)53)32-21-24-48-39(25-32)36-16-8-11-19-47(36)55-48/h4-30H,1-3H3. The Morgan fingerprint density at radius 1 is 0.464 bits per heavy atom. The van der Waals surface area contributed by atoms with Crippen molar-refractivity contribution in [2.45, 2.75) is 26.2 Å². The fourth-order valence-corrected chi connectivity index (χ4v) is 10.7. The summed E-state index contributed by atoms with van der Waals surface area (Å²) in [4.78, 5) is 2.60. The predicted octanol–water partition coefficient (Wildman–Crippen LogP) is 12.9. The molecule has 8 aromatic carbocycles. The van der Waals surface area contributed by atoms with Gasteiger partial charge >= 0.3 is 0 Å². The number of hydrogen-bond acceptors (Lipinski definition) is 3. The van der Waals surface area contributed by atoms with Crippen molar-refractivity contribution in [1.82, 2.24) is 0 Å². The number of furan rings is 1. The van der Waals surface area contributed by atoms with Gasteiger partial charge in [0.2, 0.25) is 6.71 Å². The van der Waals surface area contributed by atoms with Crippen molar-refractivity contribution in [2.75, 3.05) is 4.90 Å². The molecular weight excluding hydrogens is 697 g/mol. The van der Waals surface area contributed by atoms with Crippen LogP contribution in [0.4, 0.5) is 17.1 Å². The monoisotopic (exact) mass is 733 g/mol. The Hall–Kier alpha value is -6.36. The maximum Gasteiger partial charge on any atom is 0.248 e. The van der Waals surface area contributed by atoms with Crippen molar-refractivity contribution in [3.63, 3.8) is 0 Å². The van der Waals surface area contributed by atoms with Crippen molar-refractivity contribution in [3.05, 3.63) is 169 Å². The second kappa shape index (κ2) is 11.6. The van der Waals surface area contributed by atoms with Gasteiger partial charge in [0, 0.05) is 47.9 Å². The van der Waals surface area contributed by atoms with E-state index in [9.17, 15) is 0 Å². The van der Waals surface area contributed by atoms with E-state index in [1.807, 2.05) is 17.4 Å². The molecule has 2 nitrogen and oxygen atoms in total. The van der Waals surface area contributed by atoms with Crippen LogP contribution in [0.1, 0.15) is 26.3 Å². The molecule has 56 heavy (non-hydrogen) atoms. The summed E-state index contributed by atoms with van der Waals surface area (Å²) in [6.45, 7) is 7.05. The third-order valence-corrected chi connectivity index (χ3v) is 13.4. The van der Waals surface area contributed by atoms with Gasteiger partial charge < -0.3 is 9.32 Å². The highest BCUT2D eigenvalue weighted by molar-refractivity contribution is 7.26. The molecule has 4 heterocycles. The normalized spacial score (nSPS) is 13.2. The van der Waals surface area contributed by atoms with Crippen LogP contribution in [-0.2, 0) is 5.41 Å². The van der Waals surface area contributed by atoms with E-state index in [2.05, 4.69) is 183 Å². The molecule has 0 spiro atoms. The van der Waals surface area contributed by atoms with Crippen LogP contribution in [0.2, 0.25) is 0 Å². The molecule has 2 aliphatic heterocycles. The number of para-hydroxylation sites is 1. The molecule has 4 heteroatoms. The zero-order valence-corrected chi connectivity index (χ0v) is 32.2. The Bertz CT molecular complexity index is 3260. The first-order valence-corrected chi connectivity index (χ1v) is 20.3. The molecule has 0 aliphatic carbocycles. The molecule has 0 atom stereocenters. The summed E-state index contributed by atoms with van der Waals surface area (Å²) in [6, 6.07) is 61.1. The first kappa shape index (κ1) is 31.9. The van der Waals surface area contributed by atoms with Crippen LogP contribution in [0.3, 0.4) is 0 Å². The van der Waals surface area contributed by atoms with Crippen LogP contribution in [-0.4, -0.2) is 6.71 Å². The zero-order valence-electron chi connectivity index (χ0n) is 31.4. The van der Waals surface area contributed by atoms with Gasteiger partial charge in [-0.2, -0.15) is 0 Å². The smallest absolute Gasteiger partial charge is 0.248 e. The number of fused-ring (bicyclic) bond motifs is 11. The third-order valence-electron chi connectivity index (χ3n) is 12.2. The lowest BCUT2D eigenvalue weighted by Gasteiger charge is -2.38. The maximum atomic E-state index is 6.29. The van der Waals surface area contributed by atoms with E-state index < -0.39 is 0 Å². The van der Waals surface area contributed by atoms with E-state index in [4.69, 9.17) is 4.42 Å². The lowest BCUT2D eigenvalue weighted by molar-refractivity contribution is 0.590. The maximum absolute atomic E-state index is 6.29. The molecule has 0 unspecified atom stereocenters. The quantitative estimate of drug-likeness (QED) is 0.168. The van der Waals surface area contributed by atoms with Gasteiger partial charge in [-0.25, -0.2) is 0 Å². The predicted molar refractivity (Wildman–Crippen MR) is 241 cm³/mol. The second-order valence-electron chi connectivity index (χ2n) is 16.5. The minimum atomic E-state index is -0.00652. The average molecular weight is 734 g/mol. The summed E-state index contributed by atoms with van der Waals surface area (Å²) >= 11 is 1.90. The van der Waals surface area contributed by atoms with E-state index in [-0.39, 0.29) is 12.1 Å². The van der Waals surface area contributed by atoms with Crippen LogP contribution in [0, 0.1) is 0 Å². The number of benzene rings is 8. The van der Waals surface area contributed by atoms with E-state index in [0.717, 1.165) is 21.9 Å². The molecule has 0 bridgehead atoms. The molecule has 2 aromatic heterocycles. The Morgan fingerprint density at radius 2 is 1.23 bits per heavy atom. The number of rotatable bonds is 3. The van der Waals surface area contributed by atoms with Gasteiger partial charge in [-0.3, -0.25) is 0 Å². The third kappa shape index (κ3) is 4.57. The Labute approximate surface area is 330 Å². The number of thiophene rings is 1. The van der Waals surface area contributed by atoms with Crippen molar-refractivity contribution in [1.29, 1.82) is 0 Å². The molecule has 0 saturated heterocycles.